The van der Waals surface area contributed by atoms with Gasteiger partial charge in [0.05, 0.1) is 34.6 Å². The number of Topliss-reactive ketones (excluding diaryl/α,β-unsaturated/α-hetero) is 1. The van der Waals surface area contributed by atoms with Crippen LogP contribution in [0.25, 0.3) is 6.08 Å². The van der Waals surface area contributed by atoms with E-state index in [1.54, 1.807) is 13.0 Å². The molecule has 0 aliphatic carbocycles. The number of amidine groups is 2. The number of nitrogens with two attached hydrogens (primary N) is 1. The quantitative estimate of drug-likeness (QED) is 0.0479. The number of hydrogen-bond acceptors (Lipinski definition) is 12. The van der Waals surface area contributed by atoms with Crippen LogP contribution in [0.5, 0.6) is 0 Å². The first-order valence-corrected chi connectivity index (χ1v) is 17.5. The van der Waals surface area contributed by atoms with Gasteiger partial charge in [0.15, 0.2) is 5.78 Å². The Kier molecular flexibility index (Phi) is 23.2. The van der Waals surface area contributed by atoms with Crippen molar-refractivity contribution in [1.82, 2.24) is 5.32 Å². The van der Waals surface area contributed by atoms with Crippen molar-refractivity contribution in [2.75, 3.05) is 14.2 Å². The molecule has 5 rings (SSSR count). The summed E-state index contributed by atoms with van der Waals surface area (Å²) in [6.45, 7) is 3.99. The van der Waals surface area contributed by atoms with Gasteiger partial charge in [-0.2, -0.15) is 0 Å². The van der Waals surface area contributed by atoms with Gasteiger partial charge in [-0.1, -0.05) is 47.5 Å². The molecule has 0 bridgehead atoms. The Labute approximate surface area is 358 Å². The summed E-state index contributed by atoms with van der Waals surface area (Å²) in [5.74, 6) is -2.93. The molecule has 0 amide bonds. The second kappa shape index (κ2) is 25.1. The second-order valence-electron chi connectivity index (χ2n) is 10.3. The Bertz CT molecular complexity index is 2040. The SMILES string of the molecule is CC(=O)[O-].COC(=O)C(=Cc1ccc(F)cc1Cl)C(C)=O.COC(=O)C1=C(C)NC(c2cccs2)=NC1c1ccc(F)cc1Cl.N=C(N)c1cccs1.[B].[Na+]. The number of methoxy groups -OCH3 is 2. The van der Waals surface area contributed by atoms with Gasteiger partial charge in [0, 0.05) is 30.7 Å². The number of esters is 2. The van der Waals surface area contributed by atoms with Crippen molar-refractivity contribution >= 4 is 95.7 Å². The molecule has 1 unspecified atom stereocenters. The van der Waals surface area contributed by atoms with Crippen LogP contribution in [-0.2, 0) is 28.7 Å². The molecule has 55 heavy (non-hydrogen) atoms. The maximum Gasteiger partial charge on any atom is 1.00 e. The van der Waals surface area contributed by atoms with Crippen LogP contribution in [-0.4, -0.2) is 58.0 Å². The van der Waals surface area contributed by atoms with Gasteiger partial charge in [-0.05, 0) is 79.6 Å². The summed E-state index contributed by atoms with van der Waals surface area (Å²) in [6, 6.07) is 14.6. The fraction of sp³-hybridized carbons (Fsp3) is 0.167. The van der Waals surface area contributed by atoms with E-state index in [0.29, 0.717) is 28.2 Å². The van der Waals surface area contributed by atoms with Gasteiger partial charge in [-0.3, -0.25) is 15.2 Å². The second-order valence-corrected chi connectivity index (χ2v) is 13.0. The molecule has 283 valence electrons. The molecule has 0 fully saturated rings. The predicted octanol–water partition coefficient (Wildman–Crippen LogP) is 3.11. The van der Waals surface area contributed by atoms with E-state index < -0.39 is 41.4 Å². The zero-order valence-electron chi connectivity index (χ0n) is 30.4. The number of aliphatic carboxylic acids is 1. The van der Waals surface area contributed by atoms with Crippen molar-refractivity contribution in [2.24, 2.45) is 10.7 Å². The molecule has 3 heterocycles. The third-order valence-corrected chi connectivity index (χ3v) is 8.93. The van der Waals surface area contributed by atoms with Crippen LogP contribution in [0.4, 0.5) is 8.78 Å². The molecule has 3 radical (unpaired) electrons. The Balaban J connectivity index is 0.000000818. The van der Waals surface area contributed by atoms with Crippen molar-refractivity contribution in [1.29, 1.82) is 5.41 Å². The van der Waals surface area contributed by atoms with Gasteiger partial charge in [0.25, 0.3) is 0 Å². The number of allylic oxidation sites excluding steroid dienone is 1. The van der Waals surface area contributed by atoms with Gasteiger partial charge in [-0.15, -0.1) is 22.7 Å². The number of carboxylic acids is 1. The standard InChI is InChI=1S/C17H14ClFN2O2S.C12H10ClFO3.C5H6N2S.C2H4O2.B.Na/c1-9-14(17(22)23-2)15(11-6-5-10(19)8-12(11)18)21-16(20-9)13-4-3-7-24-13;1-7(15)10(12(16)17-2)5-8-3-4-9(14)6-11(8)13;6-5(7)4-2-1-3-8-4;1-2(3)4;;/h3-8,15H,1-2H3,(H,20,21);3-6H,1-2H3;1-3H,(H3,6,7);1H3,(H,3,4);;/q;;;;;+1/p-1. The smallest absolute Gasteiger partial charge is 0.550 e. The van der Waals surface area contributed by atoms with E-state index in [2.05, 4.69) is 15.0 Å². The first kappa shape index (κ1) is 50.8. The number of carbonyl (C=O) groups is 4. The number of carboxylic acid groups (broad SMARTS) is 1. The topological polar surface area (TPSA) is 184 Å². The monoisotopic (exact) mass is 839 g/mol. The normalized spacial score (nSPS) is 12.8. The number of nitrogens with zero attached hydrogens (tertiary/aromatic N) is 1. The van der Waals surface area contributed by atoms with E-state index in [4.69, 9.17) is 49.0 Å². The molecule has 2 aromatic carbocycles. The van der Waals surface area contributed by atoms with Crippen LogP contribution in [0, 0.1) is 17.0 Å². The Morgan fingerprint density at radius 2 is 1.51 bits per heavy atom. The Morgan fingerprint density at radius 1 is 0.945 bits per heavy atom. The number of halogens is 4. The third kappa shape index (κ3) is 16.2. The first-order chi connectivity index (χ1) is 25.0. The number of carbonyl (C=O) groups excluding carboxylic acids is 4. The zero-order chi connectivity index (χ0) is 39.8. The molecule has 0 saturated heterocycles. The summed E-state index contributed by atoms with van der Waals surface area (Å²) in [6.07, 6.45) is 1.27. The first-order valence-electron chi connectivity index (χ1n) is 14.9. The Morgan fingerprint density at radius 3 is 1.95 bits per heavy atom. The molecule has 19 heteroatoms. The molecular weight excluding hydrogens is 807 g/mol. The summed E-state index contributed by atoms with van der Waals surface area (Å²) in [7, 11) is 2.48. The van der Waals surface area contributed by atoms with E-state index in [0.717, 1.165) is 22.7 Å². The maximum absolute atomic E-state index is 13.4. The number of ketones is 1. The molecule has 4 aromatic rings. The van der Waals surface area contributed by atoms with Crippen LogP contribution in [0.15, 0.2) is 93.3 Å². The zero-order valence-corrected chi connectivity index (χ0v) is 35.5. The number of hydrogen-bond donors (Lipinski definition) is 3. The van der Waals surface area contributed by atoms with Crippen molar-refractivity contribution in [2.45, 2.75) is 26.8 Å². The van der Waals surface area contributed by atoms with E-state index in [-0.39, 0.29) is 59.4 Å². The molecule has 11 nitrogen and oxygen atoms in total. The van der Waals surface area contributed by atoms with E-state index >= 15 is 0 Å². The molecule has 1 aliphatic heterocycles. The number of benzene rings is 2. The number of aliphatic imine (C=N–C) groups is 1. The summed E-state index contributed by atoms with van der Waals surface area (Å²) >= 11 is 15.0. The van der Waals surface area contributed by atoms with Crippen molar-refractivity contribution in [3.05, 3.63) is 131 Å². The van der Waals surface area contributed by atoms with Gasteiger partial charge in [0.1, 0.15) is 34.9 Å². The van der Waals surface area contributed by atoms with Crippen LogP contribution in [0.3, 0.4) is 0 Å². The predicted molar refractivity (Wildman–Crippen MR) is 207 cm³/mol. The number of rotatable bonds is 7. The van der Waals surface area contributed by atoms with Crippen LogP contribution >= 0.6 is 45.9 Å². The minimum Gasteiger partial charge on any atom is -0.550 e. The number of nitrogens with one attached hydrogen (secondary N) is 2. The maximum atomic E-state index is 13.4. The molecule has 0 spiro atoms. The average Bonchev–Trinajstić information content (AvgIpc) is 3.83. The molecular formula is C36H33BCl2F2N4NaO7S2. The summed E-state index contributed by atoms with van der Waals surface area (Å²) < 4.78 is 35.5. The summed E-state index contributed by atoms with van der Waals surface area (Å²) in [5.41, 5.74) is 6.93. The molecule has 0 saturated carbocycles. The van der Waals surface area contributed by atoms with Gasteiger partial charge in [-0.25, -0.2) is 18.4 Å². The van der Waals surface area contributed by atoms with E-state index in [1.807, 2.05) is 35.0 Å². The third-order valence-electron chi connectivity index (χ3n) is 6.49. The minimum atomic E-state index is -1.08. The van der Waals surface area contributed by atoms with Crippen molar-refractivity contribution in [3.8, 4) is 0 Å². The van der Waals surface area contributed by atoms with Gasteiger partial charge in [0.2, 0.25) is 0 Å². The largest absolute Gasteiger partial charge is 1.00 e. The summed E-state index contributed by atoms with van der Waals surface area (Å²) in [4.78, 5) is 50.1. The average molecular weight is 841 g/mol. The van der Waals surface area contributed by atoms with Crippen molar-refractivity contribution < 1.29 is 72.1 Å². The molecule has 1 aliphatic rings. The van der Waals surface area contributed by atoms with Crippen LogP contribution < -0.4 is 45.7 Å². The van der Waals surface area contributed by atoms with Crippen LogP contribution in [0.1, 0.15) is 47.7 Å². The molecule has 1 atom stereocenters. The van der Waals surface area contributed by atoms with Crippen molar-refractivity contribution in [3.63, 3.8) is 0 Å². The van der Waals surface area contributed by atoms with E-state index in [1.165, 1.54) is 74.2 Å². The van der Waals surface area contributed by atoms with Gasteiger partial charge >= 0.3 is 41.5 Å². The fourth-order valence-electron chi connectivity index (χ4n) is 4.16. The molecule has 4 N–H and O–H groups in total. The fourth-order valence-corrected chi connectivity index (χ4v) is 5.91. The summed E-state index contributed by atoms with van der Waals surface area (Å²) in [5, 5.41) is 23.1. The Hall–Kier alpha value is -4.16. The minimum absolute atomic E-state index is 0. The van der Waals surface area contributed by atoms with Gasteiger partial charge < -0.3 is 30.4 Å². The number of ether oxygens (including phenoxy) is 2. The number of thiophene rings is 2. The van der Waals surface area contributed by atoms with Crippen LogP contribution in [0.2, 0.25) is 10.0 Å². The molecule has 2 aromatic heterocycles. The van der Waals surface area contributed by atoms with E-state index in [9.17, 15) is 23.2 Å². The number of nitrogen functional groups attached to an aromatic ring is 1.